The Kier molecular flexibility index (Phi) is 4.55. The molecule has 0 fully saturated rings. The predicted octanol–water partition coefficient (Wildman–Crippen LogP) is 2.43. The monoisotopic (exact) mass is 292 g/mol. The number of rotatable bonds is 4. The number of furan rings is 1. The molecule has 0 unspecified atom stereocenters. The van der Waals surface area contributed by atoms with Gasteiger partial charge < -0.3 is 9.52 Å². The summed E-state index contributed by atoms with van der Waals surface area (Å²) in [5.41, 5.74) is 3.04. The van der Waals surface area contributed by atoms with Crippen LogP contribution >= 0.6 is 11.6 Å². The number of hydrazone groups is 1. The number of aliphatic hydroxyl groups excluding tert-OH is 1. The van der Waals surface area contributed by atoms with Crippen molar-refractivity contribution in [1.29, 1.82) is 0 Å². The van der Waals surface area contributed by atoms with E-state index < -0.39 is 12.0 Å². The molecular weight excluding hydrogens is 280 g/mol. The van der Waals surface area contributed by atoms with Gasteiger partial charge in [0.1, 0.15) is 17.6 Å². The second-order valence-electron chi connectivity index (χ2n) is 4.12. The molecule has 0 saturated carbocycles. The first-order chi connectivity index (χ1) is 9.56. The maximum Gasteiger partial charge on any atom is 0.268 e. The number of benzene rings is 1. The first kappa shape index (κ1) is 14.3. The molecule has 1 heterocycles. The average Bonchev–Trinajstić information content (AvgIpc) is 2.87. The highest BCUT2D eigenvalue weighted by Gasteiger charge is 2.07. The topological polar surface area (TPSA) is 74.8 Å². The van der Waals surface area contributed by atoms with Crippen LogP contribution in [0.15, 0.2) is 45.9 Å². The molecule has 1 aromatic carbocycles. The van der Waals surface area contributed by atoms with Crippen molar-refractivity contribution in [3.63, 3.8) is 0 Å². The molecule has 2 N–H and O–H groups in total. The zero-order valence-corrected chi connectivity index (χ0v) is 11.5. The highest BCUT2D eigenvalue weighted by molar-refractivity contribution is 6.30. The molecule has 0 aliphatic heterocycles. The number of nitrogens with one attached hydrogen (secondary N) is 1. The van der Waals surface area contributed by atoms with Crippen molar-refractivity contribution in [1.82, 2.24) is 5.43 Å². The molecule has 5 nitrogen and oxygen atoms in total. The van der Waals surface area contributed by atoms with Crippen molar-refractivity contribution in [2.75, 3.05) is 0 Å². The molecule has 2 rings (SSSR count). The number of halogens is 1. The van der Waals surface area contributed by atoms with E-state index in [4.69, 9.17) is 21.1 Å². The van der Waals surface area contributed by atoms with Crippen LogP contribution in [0.5, 0.6) is 0 Å². The average molecular weight is 293 g/mol. The normalized spacial score (nSPS) is 12.6. The number of carbonyl (C=O) groups excluding carboxylic acids is 1. The van der Waals surface area contributed by atoms with E-state index in [2.05, 4.69) is 10.5 Å². The Morgan fingerprint density at radius 3 is 2.95 bits per heavy atom. The van der Waals surface area contributed by atoms with Gasteiger partial charge in [-0.2, -0.15) is 5.10 Å². The van der Waals surface area contributed by atoms with Gasteiger partial charge in [-0.05, 0) is 31.2 Å². The minimum Gasteiger partial charge on any atom is -0.455 e. The number of hydrogen-bond acceptors (Lipinski definition) is 4. The Morgan fingerprint density at radius 2 is 2.25 bits per heavy atom. The molecule has 2 aromatic rings. The molecule has 6 heteroatoms. The van der Waals surface area contributed by atoms with Crippen LogP contribution in [0.3, 0.4) is 0 Å². The van der Waals surface area contributed by atoms with Crippen LogP contribution < -0.4 is 5.43 Å². The third kappa shape index (κ3) is 3.69. The second kappa shape index (κ2) is 6.36. The van der Waals surface area contributed by atoms with Crippen molar-refractivity contribution < 1.29 is 14.3 Å². The van der Waals surface area contributed by atoms with Gasteiger partial charge in [0, 0.05) is 10.6 Å². The van der Waals surface area contributed by atoms with Gasteiger partial charge in [-0.1, -0.05) is 23.7 Å². The molecule has 0 bridgehead atoms. The number of aliphatic hydroxyl groups is 1. The van der Waals surface area contributed by atoms with Crippen molar-refractivity contribution in [2.45, 2.75) is 13.0 Å². The zero-order chi connectivity index (χ0) is 14.5. The summed E-state index contributed by atoms with van der Waals surface area (Å²) in [6, 6.07) is 10.8. The third-order valence-corrected chi connectivity index (χ3v) is 2.72. The van der Waals surface area contributed by atoms with Crippen LogP contribution in [0, 0.1) is 0 Å². The quantitative estimate of drug-likeness (QED) is 0.671. The van der Waals surface area contributed by atoms with Gasteiger partial charge in [0.15, 0.2) is 0 Å². The Balaban J connectivity index is 2.06. The molecule has 104 valence electrons. The maximum absolute atomic E-state index is 11.1. The third-order valence-electron chi connectivity index (χ3n) is 2.48. The summed E-state index contributed by atoms with van der Waals surface area (Å²) >= 11 is 5.91. The van der Waals surface area contributed by atoms with Gasteiger partial charge in [-0.15, -0.1) is 0 Å². The molecule has 0 radical (unpaired) electrons. The largest absolute Gasteiger partial charge is 0.455 e. The fourth-order valence-electron chi connectivity index (χ4n) is 1.47. The minimum atomic E-state index is -1.11. The Labute approximate surface area is 120 Å². The number of amides is 1. The highest BCUT2D eigenvalue weighted by atomic mass is 35.5. The standard InChI is InChI=1S/C14H13ClN2O3/c1-9(18)14(19)17-16-8-12-5-6-13(20-12)10-3-2-4-11(15)7-10/h2-9,18H,1H3,(H,17,19)/b16-8+/t9-/m1/s1. The van der Waals surface area contributed by atoms with Gasteiger partial charge in [0.05, 0.1) is 6.21 Å². The van der Waals surface area contributed by atoms with Crippen molar-refractivity contribution in [3.05, 3.63) is 47.2 Å². The van der Waals surface area contributed by atoms with Crippen molar-refractivity contribution in [3.8, 4) is 11.3 Å². The van der Waals surface area contributed by atoms with Crippen LogP contribution in [0.2, 0.25) is 5.02 Å². The van der Waals surface area contributed by atoms with Gasteiger partial charge >= 0.3 is 0 Å². The van der Waals surface area contributed by atoms with E-state index in [0.717, 1.165) is 5.56 Å². The van der Waals surface area contributed by atoms with E-state index in [9.17, 15) is 4.79 Å². The summed E-state index contributed by atoms with van der Waals surface area (Å²) in [6.07, 6.45) is 0.250. The molecule has 0 spiro atoms. The predicted molar refractivity (Wildman–Crippen MR) is 76.6 cm³/mol. The van der Waals surface area contributed by atoms with E-state index in [1.54, 1.807) is 24.3 Å². The summed E-state index contributed by atoms with van der Waals surface area (Å²) in [5.74, 6) is 0.546. The molecule has 20 heavy (non-hydrogen) atoms. The van der Waals surface area contributed by atoms with Crippen molar-refractivity contribution in [2.24, 2.45) is 5.10 Å². The summed E-state index contributed by atoms with van der Waals surface area (Å²) < 4.78 is 5.55. The SMILES string of the molecule is C[C@@H](O)C(=O)N/N=C/c1ccc(-c2cccc(Cl)c2)o1. The van der Waals surface area contributed by atoms with E-state index in [-0.39, 0.29) is 0 Å². The Hall–Kier alpha value is -2.11. The lowest BCUT2D eigenvalue weighted by atomic mass is 10.2. The van der Waals surface area contributed by atoms with Gasteiger partial charge in [0.25, 0.3) is 5.91 Å². The smallest absolute Gasteiger partial charge is 0.268 e. The molecule has 1 aromatic heterocycles. The molecular formula is C14H13ClN2O3. The highest BCUT2D eigenvalue weighted by Crippen LogP contribution is 2.24. The van der Waals surface area contributed by atoms with E-state index >= 15 is 0 Å². The summed E-state index contributed by atoms with van der Waals surface area (Å²) in [6.45, 7) is 1.36. The maximum atomic E-state index is 11.1. The summed E-state index contributed by atoms with van der Waals surface area (Å²) in [4.78, 5) is 11.1. The molecule has 0 aliphatic carbocycles. The lowest BCUT2D eigenvalue weighted by molar-refractivity contribution is -0.128. The summed E-state index contributed by atoms with van der Waals surface area (Å²) in [7, 11) is 0. The van der Waals surface area contributed by atoms with Crippen LogP contribution in [0.1, 0.15) is 12.7 Å². The first-order valence-corrected chi connectivity index (χ1v) is 6.31. The number of carbonyl (C=O) groups is 1. The van der Waals surface area contributed by atoms with Gasteiger partial charge in [-0.25, -0.2) is 5.43 Å². The fourth-order valence-corrected chi connectivity index (χ4v) is 1.66. The van der Waals surface area contributed by atoms with E-state index in [1.807, 2.05) is 12.1 Å². The molecule has 1 amide bonds. The van der Waals surface area contributed by atoms with Gasteiger partial charge in [0.2, 0.25) is 0 Å². The number of hydrogen-bond donors (Lipinski definition) is 2. The van der Waals surface area contributed by atoms with Crippen LogP contribution in [0.4, 0.5) is 0 Å². The summed E-state index contributed by atoms with van der Waals surface area (Å²) in [5, 5.41) is 13.3. The second-order valence-corrected chi connectivity index (χ2v) is 4.56. The molecule has 0 saturated heterocycles. The minimum absolute atomic E-state index is 0.478. The van der Waals surface area contributed by atoms with E-state index in [0.29, 0.717) is 16.5 Å². The van der Waals surface area contributed by atoms with Crippen LogP contribution in [-0.4, -0.2) is 23.3 Å². The van der Waals surface area contributed by atoms with Crippen molar-refractivity contribution >= 4 is 23.7 Å². The number of nitrogens with zero attached hydrogens (tertiary/aromatic N) is 1. The lowest BCUT2D eigenvalue weighted by Crippen LogP contribution is -2.28. The zero-order valence-electron chi connectivity index (χ0n) is 10.7. The lowest BCUT2D eigenvalue weighted by Gasteiger charge is -2.00. The Bertz CT molecular complexity index is 635. The first-order valence-electron chi connectivity index (χ1n) is 5.93. The fraction of sp³-hybridized carbons (Fsp3) is 0.143. The molecule has 1 atom stereocenters. The van der Waals surface area contributed by atoms with Crippen LogP contribution in [-0.2, 0) is 4.79 Å². The van der Waals surface area contributed by atoms with Gasteiger partial charge in [-0.3, -0.25) is 4.79 Å². The molecule has 0 aliphatic rings. The Morgan fingerprint density at radius 1 is 1.45 bits per heavy atom. The van der Waals surface area contributed by atoms with Crippen LogP contribution in [0.25, 0.3) is 11.3 Å². The van der Waals surface area contributed by atoms with E-state index in [1.165, 1.54) is 13.1 Å².